The van der Waals surface area contributed by atoms with Crippen LogP contribution in [0, 0.1) is 0 Å². The maximum Gasteiger partial charge on any atom is 0.269 e. The fourth-order valence-electron chi connectivity index (χ4n) is 2.56. The Morgan fingerprint density at radius 1 is 0.733 bits per heavy atom. The minimum absolute atomic E-state index is 0.259. The number of carbonyl (C=O) groups excluding carboxylic acids is 3. The van der Waals surface area contributed by atoms with Crippen LogP contribution in [0.5, 0.6) is 5.75 Å². The first-order valence-electron chi connectivity index (χ1n) is 8.88. The topological polar surface area (TPSA) is 96.5 Å². The van der Waals surface area contributed by atoms with E-state index in [1.807, 2.05) is 0 Å². The van der Waals surface area contributed by atoms with E-state index in [0.717, 1.165) is 0 Å². The molecule has 0 saturated heterocycles. The minimum Gasteiger partial charge on any atom is -0.497 e. The van der Waals surface area contributed by atoms with Gasteiger partial charge in [0.2, 0.25) is 0 Å². The number of carbonyl (C=O) groups is 3. The Balaban J connectivity index is 1.62. The van der Waals surface area contributed by atoms with Gasteiger partial charge in [0.1, 0.15) is 5.75 Å². The number of benzene rings is 3. The van der Waals surface area contributed by atoms with Gasteiger partial charge in [-0.05, 0) is 60.7 Å². The van der Waals surface area contributed by atoms with E-state index in [0.29, 0.717) is 27.6 Å². The highest BCUT2D eigenvalue weighted by atomic mass is 35.5. The maximum atomic E-state index is 12.4. The van der Waals surface area contributed by atoms with E-state index in [-0.39, 0.29) is 11.5 Å². The normalized spacial score (nSPS) is 10.1. The van der Waals surface area contributed by atoms with E-state index < -0.39 is 11.8 Å². The van der Waals surface area contributed by atoms with Crippen molar-refractivity contribution >= 4 is 35.0 Å². The van der Waals surface area contributed by atoms with E-state index in [1.165, 1.54) is 13.2 Å². The Morgan fingerprint density at radius 3 is 2.00 bits per heavy atom. The molecule has 0 unspecified atom stereocenters. The maximum absolute atomic E-state index is 12.4. The zero-order valence-electron chi connectivity index (χ0n) is 15.9. The summed E-state index contributed by atoms with van der Waals surface area (Å²) in [6.07, 6.45) is 0. The first-order chi connectivity index (χ1) is 14.5. The Morgan fingerprint density at radius 2 is 1.33 bits per heavy atom. The summed E-state index contributed by atoms with van der Waals surface area (Å²) in [7, 11) is 1.52. The van der Waals surface area contributed by atoms with Crippen molar-refractivity contribution < 1.29 is 19.1 Å². The highest BCUT2D eigenvalue weighted by molar-refractivity contribution is 6.30. The molecule has 3 amide bonds. The van der Waals surface area contributed by atoms with Crippen LogP contribution in [0.2, 0.25) is 5.02 Å². The summed E-state index contributed by atoms with van der Waals surface area (Å²) >= 11 is 5.79. The van der Waals surface area contributed by atoms with Gasteiger partial charge in [-0.15, -0.1) is 0 Å². The van der Waals surface area contributed by atoms with Crippen molar-refractivity contribution in [2.75, 3.05) is 12.4 Å². The van der Waals surface area contributed by atoms with Gasteiger partial charge in [-0.3, -0.25) is 25.2 Å². The smallest absolute Gasteiger partial charge is 0.269 e. The number of hydrazine groups is 1. The second kappa shape index (κ2) is 9.58. The lowest BCUT2D eigenvalue weighted by atomic mass is 10.1. The second-order valence-corrected chi connectivity index (χ2v) is 6.62. The van der Waals surface area contributed by atoms with Crippen LogP contribution >= 0.6 is 11.6 Å². The molecule has 0 aliphatic heterocycles. The average molecular weight is 424 g/mol. The summed E-state index contributed by atoms with van der Waals surface area (Å²) in [6, 6.07) is 19.3. The van der Waals surface area contributed by atoms with Crippen molar-refractivity contribution in [1.82, 2.24) is 10.9 Å². The zero-order chi connectivity index (χ0) is 21.5. The van der Waals surface area contributed by atoms with Crippen molar-refractivity contribution in [3.63, 3.8) is 0 Å². The summed E-state index contributed by atoms with van der Waals surface area (Å²) in [6.45, 7) is 0. The number of hydrogen-bond donors (Lipinski definition) is 3. The van der Waals surface area contributed by atoms with Crippen molar-refractivity contribution in [3.8, 4) is 5.75 Å². The molecule has 7 nitrogen and oxygen atoms in total. The third-order valence-corrected chi connectivity index (χ3v) is 4.36. The van der Waals surface area contributed by atoms with Crippen LogP contribution in [0.3, 0.4) is 0 Å². The lowest BCUT2D eigenvalue weighted by molar-refractivity contribution is 0.0846. The van der Waals surface area contributed by atoms with Gasteiger partial charge in [0.25, 0.3) is 17.7 Å². The van der Waals surface area contributed by atoms with Gasteiger partial charge in [-0.1, -0.05) is 23.7 Å². The predicted molar refractivity (Wildman–Crippen MR) is 114 cm³/mol. The number of ether oxygens (including phenoxy) is 1. The lowest BCUT2D eigenvalue weighted by Crippen LogP contribution is -2.41. The Bertz CT molecular complexity index is 1080. The van der Waals surface area contributed by atoms with Gasteiger partial charge >= 0.3 is 0 Å². The summed E-state index contributed by atoms with van der Waals surface area (Å²) in [5, 5.41) is 3.23. The number of methoxy groups -OCH3 is 1. The molecule has 0 bridgehead atoms. The Kier molecular flexibility index (Phi) is 6.67. The summed E-state index contributed by atoms with van der Waals surface area (Å²) in [4.78, 5) is 36.9. The quantitative estimate of drug-likeness (QED) is 0.545. The number of hydrogen-bond acceptors (Lipinski definition) is 4. The highest BCUT2D eigenvalue weighted by Crippen LogP contribution is 2.16. The Hall–Kier alpha value is -3.84. The molecule has 0 aliphatic carbocycles. The molecule has 0 aromatic heterocycles. The molecule has 30 heavy (non-hydrogen) atoms. The van der Waals surface area contributed by atoms with Crippen molar-refractivity contribution in [1.29, 1.82) is 0 Å². The minimum atomic E-state index is -0.533. The van der Waals surface area contributed by atoms with Crippen molar-refractivity contribution in [2.45, 2.75) is 0 Å². The van der Waals surface area contributed by atoms with E-state index in [1.54, 1.807) is 66.7 Å². The molecule has 0 spiro atoms. The standard InChI is InChI=1S/C22H18ClN3O4/c1-30-19-7-3-5-16(13-19)20(27)24-18-6-2-4-15(12-18)22(29)26-25-21(28)14-8-10-17(23)11-9-14/h2-13H,1H3,(H,24,27)(H,25,28)(H,26,29). The van der Waals surface area contributed by atoms with Crippen LogP contribution in [0.15, 0.2) is 72.8 Å². The van der Waals surface area contributed by atoms with Gasteiger partial charge in [-0.2, -0.15) is 0 Å². The molecule has 8 heteroatoms. The highest BCUT2D eigenvalue weighted by Gasteiger charge is 2.12. The lowest BCUT2D eigenvalue weighted by Gasteiger charge is -2.10. The van der Waals surface area contributed by atoms with Gasteiger partial charge in [0, 0.05) is 27.4 Å². The molecule has 0 atom stereocenters. The summed E-state index contributed by atoms with van der Waals surface area (Å²) in [5.74, 6) is -0.799. The number of halogens is 1. The first kappa shape index (κ1) is 20.9. The van der Waals surface area contributed by atoms with E-state index in [2.05, 4.69) is 16.2 Å². The molecule has 3 aromatic rings. The van der Waals surface area contributed by atoms with Crippen LogP contribution in [-0.2, 0) is 0 Å². The molecular weight excluding hydrogens is 406 g/mol. The van der Waals surface area contributed by atoms with Crippen LogP contribution in [0.4, 0.5) is 5.69 Å². The fraction of sp³-hybridized carbons (Fsp3) is 0.0455. The van der Waals surface area contributed by atoms with Gasteiger partial charge in [0.15, 0.2) is 0 Å². The predicted octanol–water partition coefficient (Wildman–Crippen LogP) is 3.68. The van der Waals surface area contributed by atoms with E-state index in [4.69, 9.17) is 16.3 Å². The molecule has 0 fully saturated rings. The molecule has 3 aromatic carbocycles. The number of nitrogens with one attached hydrogen (secondary N) is 3. The van der Waals surface area contributed by atoms with Crippen molar-refractivity contribution in [3.05, 3.63) is 94.5 Å². The molecule has 0 heterocycles. The van der Waals surface area contributed by atoms with Crippen LogP contribution in [-0.4, -0.2) is 24.8 Å². The second-order valence-electron chi connectivity index (χ2n) is 6.18. The molecule has 0 radical (unpaired) electrons. The SMILES string of the molecule is COc1cccc(C(=O)Nc2cccc(C(=O)NNC(=O)c3ccc(Cl)cc3)c2)c1. The van der Waals surface area contributed by atoms with Crippen LogP contribution in [0.1, 0.15) is 31.1 Å². The van der Waals surface area contributed by atoms with Gasteiger partial charge in [0.05, 0.1) is 7.11 Å². The third-order valence-electron chi connectivity index (χ3n) is 4.11. The Labute approximate surface area is 178 Å². The molecular formula is C22H18ClN3O4. The molecule has 152 valence electrons. The van der Waals surface area contributed by atoms with E-state index >= 15 is 0 Å². The van der Waals surface area contributed by atoms with Crippen molar-refractivity contribution in [2.24, 2.45) is 0 Å². The first-order valence-corrected chi connectivity index (χ1v) is 9.26. The van der Waals surface area contributed by atoms with E-state index in [9.17, 15) is 14.4 Å². The van der Waals surface area contributed by atoms with Gasteiger partial charge < -0.3 is 10.1 Å². The fourth-order valence-corrected chi connectivity index (χ4v) is 2.69. The van der Waals surface area contributed by atoms with Crippen LogP contribution in [0.25, 0.3) is 0 Å². The average Bonchev–Trinajstić information content (AvgIpc) is 2.78. The van der Waals surface area contributed by atoms with Gasteiger partial charge in [-0.25, -0.2) is 0 Å². The summed E-state index contributed by atoms with van der Waals surface area (Å²) in [5.41, 5.74) is 6.12. The third kappa shape index (κ3) is 5.36. The number of anilines is 1. The summed E-state index contributed by atoms with van der Waals surface area (Å²) < 4.78 is 5.12. The largest absolute Gasteiger partial charge is 0.497 e. The van der Waals surface area contributed by atoms with Crippen LogP contribution < -0.4 is 20.9 Å². The number of amides is 3. The zero-order valence-corrected chi connectivity index (χ0v) is 16.7. The molecule has 3 N–H and O–H groups in total. The monoisotopic (exact) mass is 423 g/mol. The molecule has 3 rings (SSSR count). The molecule has 0 saturated carbocycles. The number of rotatable bonds is 5. The molecule has 0 aliphatic rings.